The molecule has 2 rings (SSSR count). The normalized spacial score (nSPS) is 12.7. The van der Waals surface area contributed by atoms with Crippen molar-refractivity contribution in [3.8, 4) is 0 Å². The first-order chi connectivity index (χ1) is 9.58. The minimum atomic E-state index is -0.317. The molecule has 4 nitrogen and oxygen atoms in total. The van der Waals surface area contributed by atoms with Gasteiger partial charge in [0.05, 0.1) is 28.1 Å². The lowest BCUT2D eigenvalue weighted by atomic mass is 10.1. The Hall–Kier alpha value is -1.46. The van der Waals surface area contributed by atoms with Crippen LogP contribution in [0.4, 0.5) is 4.39 Å². The van der Waals surface area contributed by atoms with Gasteiger partial charge in [-0.15, -0.1) is 0 Å². The molecule has 0 aliphatic carbocycles. The molecule has 0 spiro atoms. The molecule has 2 heterocycles. The predicted molar refractivity (Wildman–Crippen MR) is 77.3 cm³/mol. The molecule has 1 atom stereocenters. The van der Waals surface area contributed by atoms with Crippen LogP contribution in [-0.4, -0.2) is 21.8 Å². The molecule has 0 aliphatic rings. The minimum absolute atomic E-state index is 0.241. The molecule has 0 radical (unpaired) electrons. The van der Waals surface area contributed by atoms with Crippen molar-refractivity contribution in [1.82, 2.24) is 20.1 Å². The maximum Gasteiger partial charge on any atom is 0.146 e. The molecule has 0 aromatic carbocycles. The van der Waals surface area contributed by atoms with Gasteiger partial charge in [-0.05, 0) is 33.0 Å². The molecule has 0 saturated carbocycles. The van der Waals surface area contributed by atoms with E-state index in [-0.39, 0.29) is 11.9 Å². The van der Waals surface area contributed by atoms with Crippen molar-refractivity contribution in [3.63, 3.8) is 0 Å². The van der Waals surface area contributed by atoms with E-state index >= 15 is 0 Å². The van der Waals surface area contributed by atoms with E-state index in [9.17, 15) is 4.39 Å². The Labute approximate surface area is 123 Å². The lowest BCUT2D eigenvalue weighted by Crippen LogP contribution is -2.23. The maximum absolute atomic E-state index is 13.9. The van der Waals surface area contributed by atoms with Gasteiger partial charge in [0.2, 0.25) is 0 Å². The second-order valence-corrected chi connectivity index (χ2v) is 4.96. The van der Waals surface area contributed by atoms with Gasteiger partial charge in [0.15, 0.2) is 0 Å². The predicted octanol–water partition coefficient (Wildman–Crippen LogP) is 2.90. The van der Waals surface area contributed by atoms with Crippen LogP contribution >= 0.6 is 11.6 Å². The fourth-order valence-electron chi connectivity index (χ4n) is 2.25. The van der Waals surface area contributed by atoms with E-state index in [1.165, 1.54) is 6.07 Å². The average molecular weight is 297 g/mol. The number of hydrogen-bond donors (Lipinski definition) is 1. The molecule has 0 bridgehead atoms. The topological polar surface area (TPSA) is 42.7 Å². The molecule has 6 heteroatoms. The first-order valence-corrected chi connectivity index (χ1v) is 6.95. The Bertz CT molecular complexity index is 597. The molecule has 0 aliphatic heterocycles. The molecule has 2 aromatic rings. The van der Waals surface area contributed by atoms with Crippen molar-refractivity contribution < 1.29 is 4.39 Å². The third-order valence-electron chi connectivity index (χ3n) is 3.32. The zero-order valence-corrected chi connectivity index (χ0v) is 12.6. The second kappa shape index (κ2) is 6.33. The van der Waals surface area contributed by atoms with E-state index in [4.69, 9.17) is 11.6 Å². The molecule has 2 aromatic heterocycles. The number of nitrogens with one attached hydrogen (secondary N) is 1. The standard InChI is InChI=1S/C14H18ClFN4/c1-4-20-12(13(15)9(2)19-20)8-11(17-3)14-10(16)6-5-7-18-14/h5-7,11,17H,4,8H2,1-3H3. The molecule has 1 unspecified atom stereocenters. The Morgan fingerprint density at radius 1 is 1.50 bits per heavy atom. The first-order valence-electron chi connectivity index (χ1n) is 6.57. The second-order valence-electron chi connectivity index (χ2n) is 4.58. The molecule has 108 valence electrons. The summed E-state index contributed by atoms with van der Waals surface area (Å²) < 4.78 is 15.7. The zero-order valence-electron chi connectivity index (χ0n) is 11.8. The Morgan fingerprint density at radius 2 is 2.25 bits per heavy atom. The van der Waals surface area contributed by atoms with Crippen molar-refractivity contribution in [2.75, 3.05) is 7.05 Å². The lowest BCUT2D eigenvalue weighted by molar-refractivity contribution is 0.496. The molecule has 20 heavy (non-hydrogen) atoms. The van der Waals surface area contributed by atoms with Crippen LogP contribution in [0.25, 0.3) is 0 Å². The van der Waals surface area contributed by atoms with Crippen molar-refractivity contribution in [1.29, 1.82) is 0 Å². The SMILES string of the molecule is CCn1nc(C)c(Cl)c1CC(NC)c1ncccc1F. The first kappa shape index (κ1) is 14.9. The quantitative estimate of drug-likeness (QED) is 0.922. The summed E-state index contributed by atoms with van der Waals surface area (Å²) in [7, 11) is 1.78. The number of aromatic nitrogens is 3. The number of halogens is 2. The van der Waals surface area contributed by atoms with Crippen LogP contribution in [0.2, 0.25) is 5.02 Å². The van der Waals surface area contributed by atoms with Crippen molar-refractivity contribution in [3.05, 3.63) is 46.3 Å². The van der Waals surface area contributed by atoms with Crippen LogP contribution in [-0.2, 0) is 13.0 Å². The Balaban J connectivity index is 2.34. The zero-order chi connectivity index (χ0) is 14.7. The van der Waals surface area contributed by atoms with E-state index in [1.807, 2.05) is 18.5 Å². The van der Waals surface area contributed by atoms with Gasteiger partial charge in [0.25, 0.3) is 0 Å². The summed E-state index contributed by atoms with van der Waals surface area (Å²) in [4.78, 5) is 4.13. The monoisotopic (exact) mass is 296 g/mol. The number of hydrogen-bond acceptors (Lipinski definition) is 3. The van der Waals surface area contributed by atoms with Crippen molar-refractivity contribution in [2.45, 2.75) is 32.9 Å². The van der Waals surface area contributed by atoms with Gasteiger partial charge < -0.3 is 5.32 Å². The minimum Gasteiger partial charge on any atom is -0.311 e. The van der Waals surface area contributed by atoms with Crippen LogP contribution in [0.15, 0.2) is 18.3 Å². The lowest BCUT2D eigenvalue weighted by Gasteiger charge is -2.17. The van der Waals surface area contributed by atoms with Crippen molar-refractivity contribution in [2.24, 2.45) is 0 Å². The largest absolute Gasteiger partial charge is 0.311 e. The molecule has 1 N–H and O–H groups in total. The summed E-state index contributed by atoms with van der Waals surface area (Å²) >= 11 is 6.30. The highest BCUT2D eigenvalue weighted by molar-refractivity contribution is 6.31. The van der Waals surface area contributed by atoms with Gasteiger partial charge in [-0.1, -0.05) is 11.6 Å². The fourth-order valence-corrected chi connectivity index (χ4v) is 2.46. The molecule has 0 saturated heterocycles. The van der Waals surface area contributed by atoms with Crippen LogP contribution < -0.4 is 5.32 Å². The van der Waals surface area contributed by atoms with E-state index in [1.54, 1.807) is 19.3 Å². The summed E-state index contributed by atoms with van der Waals surface area (Å²) in [5.41, 5.74) is 2.09. The van der Waals surface area contributed by atoms with Crippen LogP contribution in [0.3, 0.4) is 0 Å². The average Bonchev–Trinajstić information content (AvgIpc) is 2.73. The third-order valence-corrected chi connectivity index (χ3v) is 3.81. The summed E-state index contributed by atoms with van der Waals surface area (Å²) in [5, 5.41) is 8.11. The van der Waals surface area contributed by atoms with E-state index < -0.39 is 0 Å². The van der Waals surface area contributed by atoms with Gasteiger partial charge in [0, 0.05) is 19.2 Å². The van der Waals surface area contributed by atoms with Crippen LogP contribution in [0.1, 0.15) is 30.0 Å². The number of pyridine rings is 1. The smallest absolute Gasteiger partial charge is 0.146 e. The molecular weight excluding hydrogens is 279 g/mol. The highest BCUT2D eigenvalue weighted by Gasteiger charge is 2.21. The van der Waals surface area contributed by atoms with Crippen LogP contribution in [0.5, 0.6) is 0 Å². The van der Waals surface area contributed by atoms with Gasteiger partial charge in [-0.25, -0.2) is 4.39 Å². The van der Waals surface area contributed by atoms with E-state index in [2.05, 4.69) is 15.4 Å². The Morgan fingerprint density at radius 3 is 2.85 bits per heavy atom. The number of aryl methyl sites for hydroxylation is 2. The molecule has 0 amide bonds. The fraction of sp³-hybridized carbons (Fsp3) is 0.429. The summed E-state index contributed by atoms with van der Waals surface area (Å²) in [6.07, 6.45) is 2.13. The van der Waals surface area contributed by atoms with Gasteiger partial charge >= 0.3 is 0 Å². The van der Waals surface area contributed by atoms with Gasteiger partial charge in [-0.2, -0.15) is 5.10 Å². The number of nitrogens with zero attached hydrogens (tertiary/aromatic N) is 3. The van der Waals surface area contributed by atoms with Gasteiger partial charge in [0.1, 0.15) is 5.82 Å². The van der Waals surface area contributed by atoms with Crippen molar-refractivity contribution >= 4 is 11.6 Å². The molecular formula is C14H18ClFN4. The van der Waals surface area contributed by atoms with E-state index in [0.717, 1.165) is 17.9 Å². The highest BCUT2D eigenvalue weighted by atomic mass is 35.5. The van der Waals surface area contributed by atoms with Crippen LogP contribution in [0, 0.1) is 12.7 Å². The Kier molecular flexibility index (Phi) is 4.73. The van der Waals surface area contributed by atoms with Gasteiger partial charge in [-0.3, -0.25) is 9.67 Å². The summed E-state index contributed by atoms with van der Waals surface area (Å²) in [6, 6.07) is 2.76. The summed E-state index contributed by atoms with van der Waals surface area (Å²) in [5.74, 6) is -0.317. The summed E-state index contributed by atoms with van der Waals surface area (Å²) in [6.45, 7) is 4.60. The third kappa shape index (κ3) is 2.83. The maximum atomic E-state index is 13.9. The highest BCUT2D eigenvalue weighted by Crippen LogP contribution is 2.26. The number of likely N-dealkylation sites (N-methyl/N-ethyl adjacent to an activating group) is 1. The van der Waals surface area contributed by atoms with E-state index in [0.29, 0.717) is 17.1 Å². The molecule has 0 fully saturated rings. The number of rotatable bonds is 5.